The molecule has 5 rings (SSSR count). The van der Waals surface area contributed by atoms with E-state index in [0.29, 0.717) is 23.0 Å². The summed E-state index contributed by atoms with van der Waals surface area (Å²) in [5, 5.41) is 10.3. The topological polar surface area (TPSA) is 105 Å². The highest BCUT2D eigenvalue weighted by Gasteiger charge is 2.48. The number of fused-ring (bicyclic) bond motifs is 2. The molecule has 1 fully saturated rings. The highest BCUT2D eigenvalue weighted by molar-refractivity contribution is 7.91. The largest absolute Gasteiger partial charge is 0.508 e. The van der Waals surface area contributed by atoms with Gasteiger partial charge in [-0.3, -0.25) is 9.59 Å². The average Bonchev–Trinajstić information content (AvgIpc) is 3.19. The minimum Gasteiger partial charge on any atom is -0.508 e. The summed E-state index contributed by atoms with van der Waals surface area (Å²) in [5.41, 5.74) is 0.694. The number of phenolic OH excluding ortho intramolecular Hbond substituents is 1. The summed E-state index contributed by atoms with van der Waals surface area (Å²) in [4.78, 5) is 28.0. The number of hydrogen-bond acceptors (Lipinski definition) is 6. The Morgan fingerprint density at radius 1 is 1.07 bits per heavy atom. The maximum atomic E-state index is 13.3. The molecule has 3 aromatic rings. The SMILES string of the molecule is O=C1c2oc3ccccc3c(=O)c2[C@H](c2cccc(O)c2)N1[C@H]1CCS(=O)(=O)C1. The van der Waals surface area contributed by atoms with Crippen molar-refractivity contribution in [2.75, 3.05) is 11.5 Å². The number of sulfone groups is 1. The van der Waals surface area contributed by atoms with Gasteiger partial charge in [0.25, 0.3) is 5.91 Å². The Labute approximate surface area is 166 Å². The number of amides is 1. The van der Waals surface area contributed by atoms with Crippen molar-refractivity contribution in [2.45, 2.75) is 18.5 Å². The lowest BCUT2D eigenvalue weighted by Crippen LogP contribution is -2.40. The van der Waals surface area contributed by atoms with Crippen LogP contribution in [0.2, 0.25) is 0 Å². The molecule has 0 radical (unpaired) electrons. The van der Waals surface area contributed by atoms with Crippen molar-refractivity contribution in [3.05, 3.63) is 75.6 Å². The molecule has 2 aromatic carbocycles. The van der Waals surface area contributed by atoms with E-state index in [-0.39, 0.29) is 34.0 Å². The van der Waals surface area contributed by atoms with Crippen LogP contribution in [0.25, 0.3) is 11.0 Å². The monoisotopic (exact) mass is 411 g/mol. The Balaban J connectivity index is 1.77. The maximum absolute atomic E-state index is 13.3. The Morgan fingerprint density at radius 2 is 1.86 bits per heavy atom. The number of para-hydroxylation sites is 1. The third-order valence-electron chi connectivity index (χ3n) is 5.60. The Kier molecular flexibility index (Phi) is 3.82. The second kappa shape index (κ2) is 6.18. The number of hydrogen-bond donors (Lipinski definition) is 1. The van der Waals surface area contributed by atoms with E-state index in [9.17, 15) is 23.1 Å². The lowest BCUT2D eigenvalue weighted by molar-refractivity contribution is 0.0662. The summed E-state index contributed by atoms with van der Waals surface area (Å²) in [6.45, 7) is 0. The summed E-state index contributed by atoms with van der Waals surface area (Å²) in [5.74, 6) is -0.735. The second-order valence-electron chi connectivity index (χ2n) is 7.44. The molecule has 2 aliphatic rings. The number of carbonyl (C=O) groups excluding carboxylic acids is 1. The molecule has 29 heavy (non-hydrogen) atoms. The van der Waals surface area contributed by atoms with Gasteiger partial charge in [0.2, 0.25) is 5.76 Å². The first kappa shape index (κ1) is 17.9. The molecule has 3 heterocycles. The fourth-order valence-electron chi connectivity index (χ4n) is 4.33. The Hall–Kier alpha value is -3.13. The lowest BCUT2D eigenvalue weighted by atomic mass is 9.97. The summed E-state index contributed by atoms with van der Waals surface area (Å²) in [6.07, 6.45) is 0.297. The molecular weight excluding hydrogens is 394 g/mol. The molecule has 0 unspecified atom stereocenters. The Morgan fingerprint density at radius 3 is 2.59 bits per heavy atom. The standard InChI is InChI=1S/C21H17NO6S/c23-14-5-3-4-12(10-14)18-17-19(24)15-6-1-2-7-16(15)28-20(17)21(25)22(18)13-8-9-29(26,27)11-13/h1-7,10,13,18,23H,8-9,11H2/t13-,18-/m0/s1. The van der Waals surface area contributed by atoms with Crippen molar-refractivity contribution in [1.29, 1.82) is 0 Å². The zero-order valence-corrected chi connectivity index (χ0v) is 16.1. The van der Waals surface area contributed by atoms with Gasteiger partial charge in [0.05, 0.1) is 28.5 Å². The Bertz CT molecular complexity index is 1330. The summed E-state index contributed by atoms with van der Waals surface area (Å²) < 4.78 is 30.0. The van der Waals surface area contributed by atoms with E-state index in [1.54, 1.807) is 36.4 Å². The average molecular weight is 411 g/mol. The molecule has 0 aliphatic carbocycles. The van der Waals surface area contributed by atoms with Crippen LogP contribution in [-0.4, -0.2) is 41.9 Å². The predicted octanol–water partition coefficient (Wildman–Crippen LogP) is 2.23. The number of rotatable bonds is 2. The molecule has 1 N–H and O–H groups in total. The van der Waals surface area contributed by atoms with Crippen molar-refractivity contribution in [3.63, 3.8) is 0 Å². The molecule has 0 bridgehead atoms. The first-order valence-corrected chi connectivity index (χ1v) is 11.1. The molecule has 1 saturated heterocycles. The second-order valence-corrected chi connectivity index (χ2v) is 9.67. The number of benzene rings is 2. The molecule has 148 valence electrons. The van der Waals surface area contributed by atoms with Gasteiger partial charge in [0, 0.05) is 6.04 Å². The van der Waals surface area contributed by atoms with E-state index in [2.05, 4.69) is 0 Å². The van der Waals surface area contributed by atoms with Crippen LogP contribution >= 0.6 is 0 Å². The van der Waals surface area contributed by atoms with Crippen LogP contribution in [0.4, 0.5) is 0 Å². The predicted molar refractivity (Wildman–Crippen MR) is 106 cm³/mol. The van der Waals surface area contributed by atoms with Gasteiger partial charge in [0.1, 0.15) is 11.3 Å². The van der Waals surface area contributed by atoms with Crippen LogP contribution in [0.5, 0.6) is 5.75 Å². The minimum atomic E-state index is -3.26. The van der Waals surface area contributed by atoms with Crippen molar-refractivity contribution >= 4 is 26.7 Å². The van der Waals surface area contributed by atoms with Gasteiger partial charge in [-0.2, -0.15) is 0 Å². The molecule has 1 aromatic heterocycles. The van der Waals surface area contributed by atoms with E-state index in [1.807, 2.05) is 0 Å². The quantitative estimate of drug-likeness (QED) is 0.693. The van der Waals surface area contributed by atoms with E-state index in [4.69, 9.17) is 4.42 Å². The maximum Gasteiger partial charge on any atom is 0.291 e. The third-order valence-corrected chi connectivity index (χ3v) is 7.35. The van der Waals surface area contributed by atoms with Gasteiger partial charge in [-0.25, -0.2) is 8.42 Å². The number of phenols is 1. The number of carbonyl (C=O) groups is 1. The van der Waals surface area contributed by atoms with Crippen LogP contribution in [0.3, 0.4) is 0 Å². The van der Waals surface area contributed by atoms with E-state index < -0.39 is 27.8 Å². The minimum absolute atomic E-state index is 0.00605. The van der Waals surface area contributed by atoms with E-state index >= 15 is 0 Å². The van der Waals surface area contributed by atoms with E-state index in [0.717, 1.165) is 0 Å². The van der Waals surface area contributed by atoms with Crippen LogP contribution in [0.15, 0.2) is 57.7 Å². The zero-order valence-electron chi connectivity index (χ0n) is 15.2. The molecule has 0 saturated carbocycles. The van der Waals surface area contributed by atoms with Gasteiger partial charge >= 0.3 is 0 Å². The van der Waals surface area contributed by atoms with Gasteiger partial charge in [-0.05, 0) is 36.2 Å². The molecule has 2 aliphatic heterocycles. The van der Waals surface area contributed by atoms with Crippen molar-refractivity contribution in [2.24, 2.45) is 0 Å². The molecule has 0 spiro atoms. The van der Waals surface area contributed by atoms with E-state index in [1.165, 1.54) is 17.0 Å². The molecule has 7 nitrogen and oxygen atoms in total. The fourth-order valence-corrected chi connectivity index (χ4v) is 6.04. The van der Waals surface area contributed by atoms with Crippen LogP contribution in [0, 0.1) is 0 Å². The molecule has 1 amide bonds. The van der Waals surface area contributed by atoms with Gasteiger partial charge in [-0.15, -0.1) is 0 Å². The van der Waals surface area contributed by atoms with Crippen molar-refractivity contribution in [1.82, 2.24) is 4.90 Å². The highest BCUT2D eigenvalue weighted by Crippen LogP contribution is 2.41. The van der Waals surface area contributed by atoms with Gasteiger partial charge in [0.15, 0.2) is 15.3 Å². The van der Waals surface area contributed by atoms with Gasteiger partial charge < -0.3 is 14.4 Å². The molecule has 2 atom stereocenters. The summed E-state index contributed by atoms with van der Waals surface area (Å²) in [6, 6.07) is 11.6. The van der Waals surface area contributed by atoms with Gasteiger partial charge in [-0.1, -0.05) is 24.3 Å². The zero-order chi connectivity index (χ0) is 20.3. The van der Waals surface area contributed by atoms with Crippen LogP contribution < -0.4 is 5.43 Å². The highest BCUT2D eigenvalue weighted by atomic mass is 32.2. The number of nitrogens with zero attached hydrogens (tertiary/aromatic N) is 1. The normalized spacial score (nSPS) is 22.9. The van der Waals surface area contributed by atoms with Crippen molar-refractivity contribution < 1.29 is 22.7 Å². The van der Waals surface area contributed by atoms with Crippen molar-refractivity contribution in [3.8, 4) is 5.75 Å². The van der Waals surface area contributed by atoms with Crippen LogP contribution in [-0.2, 0) is 9.84 Å². The first-order chi connectivity index (χ1) is 13.9. The fraction of sp³-hybridized carbons (Fsp3) is 0.238. The summed E-state index contributed by atoms with van der Waals surface area (Å²) >= 11 is 0. The third kappa shape index (κ3) is 2.74. The first-order valence-electron chi connectivity index (χ1n) is 9.23. The summed E-state index contributed by atoms with van der Waals surface area (Å²) in [7, 11) is -3.26. The molecular formula is C21H17NO6S. The lowest BCUT2D eigenvalue weighted by Gasteiger charge is -2.30. The van der Waals surface area contributed by atoms with Crippen LogP contribution in [0.1, 0.15) is 34.1 Å². The smallest absolute Gasteiger partial charge is 0.291 e. The molecule has 8 heteroatoms. The number of aromatic hydroxyl groups is 1.